The molecular formula is C25H27N3O4S. The van der Waals surface area contributed by atoms with Crippen LogP contribution in [0.1, 0.15) is 40.7 Å². The Hall–Kier alpha value is -2.97. The number of aromatic nitrogens is 1. The Labute approximate surface area is 193 Å². The maximum Gasteiger partial charge on any atom is 0.254 e. The molecule has 1 atom stereocenters. The highest BCUT2D eigenvalue weighted by Gasteiger charge is 2.32. The van der Waals surface area contributed by atoms with Crippen LogP contribution < -0.4 is 0 Å². The molecule has 33 heavy (non-hydrogen) atoms. The average Bonchev–Trinajstić information content (AvgIpc) is 3.30. The molecule has 1 aliphatic carbocycles. The van der Waals surface area contributed by atoms with Gasteiger partial charge in [-0.1, -0.05) is 25.1 Å². The van der Waals surface area contributed by atoms with Gasteiger partial charge in [0, 0.05) is 31.6 Å². The summed E-state index contributed by atoms with van der Waals surface area (Å²) < 4.78 is 30.8. The SMILES string of the molecule is CC1C/C(=C/c2ccco2)c2nc3ccccc3c(C(=O)N3CCN(S(C)(=O)=O)CC3)c2C1. The Balaban J connectivity index is 1.61. The molecule has 2 aromatic heterocycles. The summed E-state index contributed by atoms with van der Waals surface area (Å²) in [4.78, 5) is 20.6. The van der Waals surface area contributed by atoms with Gasteiger partial charge < -0.3 is 9.32 Å². The number of hydrogen-bond donors (Lipinski definition) is 0. The maximum absolute atomic E-state index is 13.9. The van der Waals surface area contributed by atoms with Crippen molar-refractivity contribution in [2.24, 2.45) is 5.92 Å². The largest absolute Gasteiger partial charge is 0.465 e. The number of pyridine rings is 1. The van der Waals surface area contributed by atoms with Crippen LogP contribution in [0.5, 0.6) is 0 Å². The zero-order valence-corrected chi connectivity index (χ0v) is 19.6. The minimum Gasteiger partial charge on any atom is -0.465 e. The minimum atomic E-state index is -3.26. The van der Waals surface area contributed by atoms with Gasteiger partial charge in [0.1, 0.15) is 5.76 Å². The second kappa shape index (κ2) is 8.43. The maximum atomic E-state index is 13.9. The van der Waals surface area contributed by atoms with Gasteiger partial charge in [-0.3, -0.25) is 4.79 Å². The molecule has 0 bridgehead atoms. The molecule has 1 saturated heterocycles. The van der Waals surface area contributed by atoms with Gasteiger partial charge >= 0.3 is 0 Å². The monoisotopic (exact) mass is 465 g/mol. The topological polar surface area (TPSA) is 83.7 Å². The van der Waals surface area contributed by atoms with E-state index in [0.717, 1.165) is 46.3 Å². The molecule has 1 amide bonds. The molecule has 0 N–H and O–H groups in total. The standard InChI is InChI=1S/C25H27N3O4S/c1-17-14-18(16-19-6-5-13-32-19)24-21(15-17)23(20-7-3-4-8-22(20)26-24)25(29)27-9-11-28(12-10-27)33(2,30)31/h3-8,13,16-17H,9-12,14-15H2,1-2H3/b18-16-. The Bertz CT molecular complexity index is 1340. The van der Waals surface area contributed by atoms with Crippen LogP contribution in [0.3, 0.4) is 0 Å². The van der Waals surface area contributed by atoms with Crippen LogP contribution in [0.2, 0.25) is 0 Å². The number of allylic oxidation sites excluding steroid dienone is 1. The van der Waals surface area contributed by atoms with Crippen molar-refractivity contribution in [3.8, 4) is 0 Å². The third kappa shape index (κ3) is 4.20. The summed E-state index contributed by atoms with van der Waals surface area (Å²) in [6, 6.07) is 11.5. The van der Waals surface area contributed by atoms with Gasteiger partial charge in [0.2, 0.25) is 10.0 Å². The summed E-state index contributed by atoms with van der Waals surface area (Å²) in [7, 11) is -3.26. The van der Waals surface area contributed by atoms with E-state index in [9.17, 15) is 13.2 Å². The lowest BCUT2D eigenvalue weighted by Crippen LogP contribution is -2.50. The zero-order valence-electron chi connectivity index (χ0n) is 18.8. The van der Waals surface area contributed by atoms with Crippen LogP contribution in [0.25, 0.3) is 22.6 Å². The van der Waals surface area contributed by atoms with E-state index < -0.39 is 10.0 Å². The highest BCUT2D eigenvalue weighted by Crippen LogP contribution is 2.39. The number of carbonyl (C=O) groups is 1. The van der Waals surface area contributed by atoms with Gasteiger partial charge in [-0.15, -0.1) is 0 Å². The Kier molecular flexibility index (Phi) is 5.58. The quantitative estimate of drug-likeness (QED) is 0.589. The minimum absolute atomic E-state index is 0.0514. The van der Waals surface area contributed by atoms with Crippen LogP contribution in [-0.2, 0) is 16.4 Å². The molecule has 8 heteroatoms. The number of benzene rings is 1. The van der Waals surface area contributed by atoms with Gasteiger partial charge in [-0.05, 0) is 54.2 Å². The Morgan fingerprint density at radius 1 is 1.09 bits per heavy atom. The van der Waals surface area contributed by atoms with E-state index in [2.05, 4.69) is 6.92 Å². The molecule has 0 radical (unpaired) electrons. The van der Waals surface area contributed by atoms with E-state index in [-0.39, 0.29) is 5.91 Å². The summed E-state index contributed by atoms with van der Waals surface area (Å²) in [5.41, 5.74) is 4.39. The number of sulfonamides is 1. The average molecular weight is 466 g/mol. The molecule has 0 spiro atoms. The summed E-state index contributed by atoms with van der Waals surface area (Å²) >= 11 is 0. The third-order valence-corrected chi connectivity index (χ3v) is 7.79. The normalized spacial score (nSPS) is 20.8. The van der Waals surface area contributed by atoms with E-state index in [1.54, 1.807) is 11.2 Å². The van der Waals surface area contributed by atoms with Crippen molar-refractivity contribution in [2.45, 2.75) is 19.8 Å². The number of hydrogen-bond acceptors (Lipinski definition) is 5. The second-order valence-corrected chi connectivity index (χ2v) is 11.0. The van der Waals surface area contributed by atoms with Crippen molar-refractivity contribution in [1.82, 2.24) is 14.2 Å². The fourth-order valence-corrected chi connectivity index (χ4v) is 5.73. The molecule has 3 aromatic rings. The van der Waals surface area contributed by atoms with Crippen molar-refractivity contribution >= 4 is 38.5 Å². The smallest absolute Gasteiger partial charge is 0.254 e. The lowest BCUT2D eigenvalue weighted by atomic mass is 9.80. The second-order valence-electron chi connectivity index (χ2n) is 8.98. The number of fused-ring (bicyclic) bond motifs is 2. The van der Waals surface area contributed by atoms with Gasteiger partial charge in [0.05, 0.1) is 29.3 Å². The molecule has 1 fully saturated rings. The Morgan fingerprint density at radius 3 is 2.55 bits per heavy atom. The molecule has 1 aliphatic heterocycles. The van der Waals surface area contributed by atoms with Gasteiger partial charge in [0.25, 0.3) is 5.91 Å². The molecule has 2 aliphatic rings. The molecular weight excluding hydrogens is 438 g/mol. The number of nitrogens with zero attached hydrogens (tertiary/aromatic N) is 3. The van der Waals surface area contributed by atoms with E-state index in [0.29, 0.717) is 37.7 Å². The van der Waals surface area contributed by atoms with Crippen LogP contribution in [0.15, 0.2) is 47.1 Å². The predicted molar refractivity (Wildman–Crippen MR) is 128 cm³/mol. The first kappa shape index (κ1) is 21.9. The number of amides is 1. The highest BCUT2D eigenvalue weighted by molar-refractivity contribution is 7.88. The van der Waals surface area contributed by atoms with Crippen molar-refractivity contribution in [1.29, 1.82) is 0 Å². The van der Waals surface area contributed by atoms with Crippen molar-refractivity contribution in [3.05, 3.63) is 65.2 Å². The fraction of sp³-hybridized carbons (Fsp3) is 0.360. The van der Waals surface area contributed by atoms with Crippen LogP contribution in [-0.4, -0.2) is 60.9 Å². The zero-order chi connectivity index (χ0) is 23.2. The summed E-state index contributed by atoms with van der Waals surface area (Å²) in [5, 5.41) is 0.846. The van der Waals surface area contributed by atoms with Crippen molar-refractivity contribution in [2.75, 3.05) is 32.4 Å². The summed E-state index contributed by atoms with van der Waals surface area (Å²) in [6.45, 7) is 3.57. The van der Waals surface area contributed by atoms with Gasteiger partial charge in [0.15, 0.2) is 0 Å². The van der Waals surface area contributed by atoms with Gasteiger partial charge in [-0.2, -0.15) is 4.31 Å². The lowest BCUT2D eigenvalue weighted by Gasteiger charge is -2.34. The van der Waals surface area contributed by atoms with E-state index in [1.807, 2.05) is 42.5 Å². The number of furan rings is 1. The van der Waals surface area contributed by atoms with E-state index in [4.69, 9.17) is 9.40 Å². The van der Waals surface area contributed by atoms with Crippen molar-refractivity contribution < 1.29 is 17.6 Å². The van der Waals surface area contributed by atoms with E-state index in [1.165, 1.54) is 10.6 Å². The fourth-order valence-electron chi connectivity index (χ4n) is 4.91. The highest BCUT2D eigenvalue weighted by atomic mass is 32.2. The number of para-hydroxylation sites is 1. The number of piperazine rings is 1. The van der Waals surface area contributed by atoms with E-state index >= 15 is 0 Å². The molecule has 172 valence electrons. The molecule has 0 saturated carbocycles. The number of carbonyl (C=O) groups excluding carboxylic acids is 1. The summed E-state index contributed by atoms with van der Waals surface area (Å²) in [6.07, 6.45) is 6.52. The van der Waals surface area contributed by atoms with Crippen LogP contribution in [0.4, 0.5) is 0 Å². The molecule has 7 nitrogen and oxygen atoms in total. The molecule has 3 heterocycles. The first-order valence-corrected chi connectivity index (χ1v) is 13.1. The third-order valence-electron chi connectivity index (χ3n) is 6.49. The predicted octanol–water partition coefficient (Wildman–Crippen LogP) is 3.67. The molecule has 5 rings (SSSR count). The Morgan fingerprint density at radius 2 is 1.85 bits per heavy atom. The van der Waals surface area contributed by atoms with Crippen molar-refractivity contribution in [3.63, 3.8) is 0 Å². The first-order chi connectivity index (χ1) is 15.8. The molecule has 1 aromatic carbocycles. The summed E-state index contributed by atoms with van der Waals surface area (Å²) in [5.74, 6) is 1.07. The van der Waals surface area contributed by atoms with Crippen LogP contribution >= 0.6 is 0 Å². The van der Waals surface area contributed by atoms with Crippen LogP contribution in [0, 0.1) is 5.92 Å². The lowest BCUT2D eigenvalue weighted by molar-refractivity contribution is 0.0698. The first-order valence-electron chi connectivity index (χ1n) is 11.2. The number of rotatable bonds is 3. The molecule has 1 unspecified atom stereocenters. The van der Waals surface area contributed by atoms with Gasteiger partial charge in [-0.25, -0.2) is 13.4 Å².